The SMILES string of the molecule is COc1ccc(CN2CCN(CC=Cc3ccccc3)CC2)c(OC)c1. The van der Waals surface area contributed by atoms with E-state index in [-0.39, 0.29) is 0 Å². The number of rotatable bonds is 7. The molecule has 0 spiro atoms. The highest BCUT2D eigenvalue weighted by Gasteiger charge is 2.17. The van der Waals surface area contributed by atoms with Gasteiger partial charge in [0, 0.05) is 50.9 Å². The fraction of sp³-hybridized carbons (Fsp3) is 0.364. The first kappa shape index (κ1) is 18.5. The van der Waals surface area contributed by atoms with E-state index < -0.39 is 0 Å². The molecule has 26 heavy (non-hydrogen) atoms. The second-order valence-corrected chi connectivity index (χ2v) is 6.57. The molecule has 1 heterocycles. The second kappa shape index (κ2) is 9.41. The Balaban J connectivity index is 1.47. The number of benzene rings is 2. The molecule has 0 saturated carbocycles. The molecule has 2 aromatic rings. The molecular weight excluding hydrogens is 324 g/mol. The molecule has 0 aliphatic carbocycles. The van der Waals surface area contributed by atoms with Gasteiger partial charge in [-0.15, -0.1) is 0 Å². The van der Waals surface area contributed by atoms with Gasteiger partial charge in [-0.1, -0.05) is 48.6 Å². The van der Waals surface area contributed by atoms with Gasteiger partial charge < -0.3 is 9.47 Å². The highest BCUT2D eigenvalue weighted by atomic mass is 16.5. The van der Waals surface area contributed by atoms with Gasteiger partial charge in [0.25, 0.3) is 0 Å². The molecule has 1 saturated heterocycles. The summed E-state index contributed by atoms with van der Waals surface area (Å²) in [7, 11) is 3.40. The van der Waals surface area contributed by atoms with Crippen LogP contribution in [-0.4, -0.2) is 56.7 Å². The van der Waals surface area contributed by atoms with Gasteiger partial charge in [0.1, 0.15) is 11.5 Å². The van der Waals surface area contributed by atoms with Crippen molar-refractivity contribution in [3.05, 3.63) is 65.7 Å². The fourth-order valence-electron chi connectivity index (χ4n) is 3.26. The zero-order valence-electron chi connectivity index (χ0n) is 15.7. The molecule has 2 aromatic carbocycles. The third kappa shape index (κ3) is 5.10. The van der Waals surface area contributed by atoms with Crippen molar-refractivity contribution in [1.82, 2.24) is 9.80 Å². The lowest BCUT2D eigenvalue weighted by Gasteiger charge is -2.34. The Kier molecular flexibility index (Phi) is 6.69. The highest BCUT2D eigenvalue weighted by Crippen LogP contribution is 2.26. The third-order valence-electron chi connectivity index (χ3n) is 4.83. The third-order valence-corrected chi connectivity index (χ3v) is 4.83. The summed E-state index contributed by atoms with van der Waals surface area (Å²) in [5, 5.41) is 0. The van der Waals surface area contributed by atoms with Crippen LogP contribution in [-0.2, 0) is 6.54 Å². The van der Waals surface area contributed by atoms with Gasteiger partial charge in [-0.2, -0.15) is 0 Å². The first-order valence-electron chi connectivity index (χ1n) is 9.15. The average Bonchev–Trinajstić information content (AvgIpc) is 2.70. The predicted molar refractivity (Wildman–Crippen MR) is 107 cm³/mol. The van der Waals surface area contributed by atoms with E-state index in [0.29, 0.717) is 0 Å². The number of nitrogens with zero attached hydrogens (tertiary/aromatic N) is 2. The monoisotopic (exact) mass is 352 g/mol. The van der Waals surface area contributed by atoms with Gasteiger partial charge in [0.05, 0.1) is 14.2 Å². The van der Waals surface area contributed by atoms with Crippen LogP contribution in [0.15, 0.2) is 54.6 Å². The Morgan fingerprint density at radius 3 is 2.31 bits per heavy atom. The van der Waals surface area contributed by atoms with Gasteiger partial charge in [0.15, 0.2) is 0 Å². The van der Waals surface area contributed by atoms with Crippen molar-refractivity contribution < 1.29 is 9.47 Å². The Morgan fingerprint density at radius 2 is 1.62 bits per heavy atom. The van der Waals surface area contributed by atoms with Crippen LogP contribution in [0.25, 0.3) is 6.08 Å². The Hall–Kier alpha value is -2.30. The maximum atomic E-state index is 5.52. The molecule has 0 unspecified atom stereocenters. The van der Waals surface area contributed by atoms with Crippen LogP contribution in [0, 0.1) is 0 Å². The second-order valence-electron chi connectivity index (χ2n) is 6.57. The van der Waals surface area contributed by atoms with Gasteiger partial charge in [-0.25, -0.2) is 0 Å². The van der Waals surface area contributed by atoms with Crippen molar-refractivity contribution >= 4 is 6.08 Å². The summed E-state index contributed by atoms with van der Waals surface area (Å²) < 4.78 is 10.8. The first-order valence-corrected chi connectivity index (χ1v) is 9.15. The topological polar surface area (TPSA) is 24.9 Å². The summed E-state index contributed by atoms with van der Waals surface area (Å²) in [4.78, 5) is 4.99. The van der Waals surface area contributed by atoms with E-state index in [9.17, 15) is 0 Å². The van der Waals surface area contributed by atoms with Crippen molar-refractivity contribution in [2.45, 2.75) is 6.54 Å². The molecule has 0 amide bonds. The summed E-state index contributed by atoms with van der Waals surface area (Å²) in [6.07, 6.45) is 4.46. The molecular formula is C22H28N2O2. The molecule has 4 heteroatoms. The van der Waals surface area contributed by atoms with Crippen molar-refractivity contribution in [3.63, 3.8) is 0 Å². The van der Waals surface area contributed by atoms with E-state index in [1.54, 1.807) is 14.2 Å². The standard InChI is InChI=1S/C22H28N2O2/c1-25-21-11-10-20(22(17-21)26-2)18-24-15-13-23(14-16-24)12-6-9-19-7-4-3-5-8-19/h3-11,17H,12-16,18H2,1-2H3. The molecule has 0 atom stereocenters. The van der Waals surface area contributed by atoms with Crippen LogP contribution in [0.4, 0.5) is 0 Å². The number of hydrogen-bond donors (Lipinski definition) is 0. The minimum absolute atomic E-state index is 0.834. The van der Waals surface area contributed by atoms with Gasteiger partial charge in [-0.05, 0) is 11.6 Å². The van der Waals surface area contributed by atoms with Gasteiger partial charge in [-0.3, -0.25) is 9.80 Å². The summed E-state index contributed by atoms with van der Waals surface area (Å²) in [5.74, 6) is 1.73. The first-order chi connectivity index (χ1) is 12.8. The number of piperazine rings is 1. The zero-order chi connectivity index (χ0) is 18.2. The minimum atomic E-state index is 0.834. The summed E-state index contributed by atoms with van der Waals surface area (Å²) in [5.41, 5.74) is 2.48. The molecule has 1 aliphatic heterocycles. The van der Waals surface area contributed by atoms with Crippen molar-refractivity contribution in [3.8, 4) is 11.5 Å². The normalized spacial score (nSPS) is 16.1. The number of methoxy groups -OCH3 is 2. The number of ether oxygens (including phenoxy) is 2. The fourth-order valence-corrected chi connectivity index (χ4v) is 3.26. The van der Waals surface area contributed by atoms with E-state index in [2.05, 4.69) is 52.3 Å². The van der Waals surface area contributed by atoms with Crippen molar-refractivity contribution in [1.29, 1.82) is 0 Å². The molecule has 0 bridgehead atoms. The molecule has 0 N–H and O–H groups in total. The Bertz CT molecular complexity index is 707. The zero-order valence-corrected chi connectivity index (χ0v) is 15.7. The smallest absolute Gasteiger partial charge is 0.127 e. The van der Waals surface area contributed by atoms with E-state index in [1.165, 1.54) is 11.1 Å². The molecule has 1 fully saturated rings. The molecule has 3 rings (SSSR count). The molecule has 138 valence electrons. The molecule has 0 radical (unpaired) electrons. The largest absolute Gasteiger partial charge is 0.497 e. The van der Waals surface area contributed by atoms with Crippen LogP contribution in [0.1, 0.15) is 11.1 Å². The predicted octanol–water partition coefficient (Wildman–Crippen LogP) is 3.53. The van der Waals surface area contributed by atoms with Gasteiger partial charge >= 0.3 is 0 Å². The quantitative estimate of drug-likeness (QED) is 0.761. The van der Waals surface area contributed by atoms with Crippen LogP contribution in [0.3, 0.4) is 0 Å². The summed E-state index contributed by atoms with van der Waals surface area (Å²) in [6.45, 7) is 6.27. The maximum absolute atomic E-state index is 5.52. The lowest BCUT2D eigenvalue weighted by atomic mass is 10.1. The van der Waals surface area contributed by atoms with Crippen molar-refractivity contribution in [2.75, 3.05) is 46.9 Å². The van der Waals surface area contributed by atoms with Crippen LogP contribution < -0.4 is 9.47 Å². The minimum Gasteiger partial charge on any atom is -0.497 e. The van der Waals surface area contributed by atoms with Crippen LogP contribution in [0.2, 0.25) is 0 Å². The van der Waals surface area contributed by atoms with E-state index in [4.69, 9.17) is 9.47 Å². The molecule has 0 aromatic heterocycles. The summed E-state index contributed by atoms with van der Waals surface area (Å²) in [6, 6.07) is 16.5. The number of hydrogen-bond acceptors (Lipinski definition) is 4. The van der Waals surface area contributed by atoms with E-state index >= 15 is 0 Å². The van der Waals surface area contributed by atoms with Crippen LogP contribution in [0.5, 0.6) is 11.5 Å². The molecule has 1 aliphatic rings. The lowest BCUT2D eigenvalue weighted by molar-refractivity contribution is 0.136. The summed E-state index contributed by atoms with van der Waals surface area (Å²) >= 11 is 0. The lowest BCUT2D eigenvalue weighted by Crippen LogP contribution is -2.45. The maximum Gasteiger partial charge on any atom is 0.127 e. The van der Waals surface area contributed by atoms with Crippen LogP contribution >= 0.6 is 0 Å². The van der Waals surface area contributed by atoms with Crippen molar-refractivity contribution in [2.24, 2.45) is 0 Å². The Labute approximate surface area is 156 Å². The molecule has 4 nitrogen and oxygen atoms in total. The van der Waals surface area contributed by atoms with E-state index in [0.717, 1.165) is 50.8 Å². The van der Waals surface area contributed by atoms with E-state index in [1.807, 2.05) is 18.2 Å². The highest BCUT2D eigenvalue weighted by molar-refractivity contribution is 5.48. The average molecular weight is 352 g/mol. The van der Waals surface area contributed by atoms with Gasteiger partial charge in [0.2, 0.25) is 0 Å². The Morgan fingerprint density at radius 1 is 0.885 bits per heavy atom.